The summed E-state index contributed by atoms with van der Waals surface area (Å²) in [5, 5.41) is 10.5. The number of hydrogen-bond donors (Lipinski definition) is 1. The Balaban J connectivity index is 2.44. The number of aliphatic hydroxyl groups excluding tert-OH is 1. The molecule has 2 saturated carbocycles. The van der Waals surface area contributed by atoms with Crippen molar-refractivity contribution in [2.24, 2.45) is 22.7 Å². The Hall–Kier alpha value is -1.36. The largest absolute Gasteiger partial charge is 0.469 e. The molecule has 0 aromatic heterocycles. The molecule has 5 atom stereocenters. The molecule has 0 bridgehead atoms. The summed E-state index contributed by atoms with van der Waals surface area (Å²) in [5.74, 6) is -0.778. The Bertz CT molecular complexity index is 514. The molecule has 0 radical (unpaired) electrons. The molecule has 5 heteroatoms. The van der Waals surface area contributed by atoms with Gasteiger partial charge in [-0.25, -0.2) is 0 Å². The van der Waals surface area contributed by atoms with Crippen LogP contribution in [0.3, 0.4) is 0 Å². The van der Waals surface area contributed by atoms with Crippen molar-refractivity contribution in [1.82, 2.24) is 0 Å². The van der Waals surface area contributed by atoms with E-state index in [9.17, 15) is 14.7 Å². The summed E-state index contributed by atoms with van der Waals surface area (Å²) in [6.07, 6.45) is 2.50. The molecule has 0 heterocycles. The first-order valence-electron chi connectivity index (χ1n) is 8.22. The molecule has 130 valence electrons. The molecule has 0 aromatic carbocycles. The molecule has 0 unspecified atom stereocenters. The van der Waals surface area contributed by atoms with Crippen LogP contribution in [-0.2, 0) is 19.1 Å². The van der Waals surface area contributed by atoms with Gasteiger partial charge in [0.05, 0.1) is 32.2 Å². The third kappa shape index (κ3) is 2.80. The highest BCUT2D eigenvalue weighted by molar-refractivity contribution is 5.77. The van der Waals surface area contributed by atoms with Gasteiger partial charge in [-0.1, -0.05) is 19.9 Å². The Morgan fingerprint density at radius 2 is 1.91 bits per heavy atom. The van der Waals surface area contributed by atoms with Crippen LogP contribution in [0.2, 0.25) is 0 Å². The van der Waals surface area contributed by atoms with Gasteiger partial charge in [0.15, 0.2) is 0 Å². The molecule has 2 aliphatic carbocycles. The second-order valence-electron chi connectivity index (χ2n) is 7.48. The van der Waals surface area contributed by atoms with Gasteiger partial charge in [-0.2, -0.15) is 0 Å². The predicted octanol–water partition coefficient (Wildman–Crippen LogP) is 2.47. The molecule has 2 aliphatic rings. The van der Waals surface area contributed by atoms with E-state index in [2.05, 4.69) is 13.5 Å². The fraction of sp³-hybridized carbons (Fsp3) is 0.778. The number of ether oxygens (including phenoxy) is 2. The van der Waals surface area contributed by atoms with Crippen molar-refractivity contribution in [3.8, 4) is 0 Å². The molecule has 0 saturated heterocycles. The van der Waals surface area contributed by atoms with Gasteiger partial charge in [0.1, 0.15) is 0 Å². The first-order valence-corrected chi connectivity index (χ1v) is 8.22. The second kappa shape index (κ2) is 6.27. The van der Waals surface area contributed by atoms with Crippen LogP contribution in [-0.4, -0.2) is 37.4 Å². The highest BCUT2D eigenvalue weighted by Crippen LogP contribution is 2.62. The number of aliphatic hydroxyl groups is 1. The number of carbonyl (C=O) groups excluding carboxylic acids is 2. The first kappa shape index (κ1) is 18.0. The van der Waals surface area contributed by atoms with Gasteiger partial charge in [-0.05, 0) is 49.0 Å². The number of fused-ring (bicyclic) bond motifs is 1. The maximum Gasteiger partial charge on any atom is 0.311 e. The third-order valence-electron chi connectivity index (χ3n) is 6.36. The maximum atomic E-state index is 12.4. The zero-order chi connectivity index (χ0) is 17.4. The molecular weight excluding hydrogens is 296 g/mol. The standard InChI is InChI=1S/C18H28O5/c1-11-12(9-15(20)22-4)17(2)7-6-8-18(3,16(21)23-5)14(17)10-13(11)19/h12-14,19H,1,6-10H2,2-5H3/t12-,13+,14+,17+,18-/m0/s1. The topological polar surface area (TPSA) is 72.8 Å². The van der Waals surface area contributed by atoms with Crippen LogP contribution in [0.1, 0.15) is 46.0 Å². The van der Waals surface area contributed by atoms with Crippen molar-refractivity contribution < 1.29 is 24.2 Å². The lowest BCUT2D eigenvalue weighted by Crippen LogP contribution is -2.56. The summed E-state index contributed by atoms with van der Waals surface area (Å²) in [5.41, 5.74) is -0.230. The Morgan fingerprint density at radius 3 is 2.48 bits per heavy atom. The summed E-state index contributed by atoms with van der Waals surface area (Å²) in [7, 11) is 2.77. The Kier molecular flexibility index (Phi) is 4.90. The van der Waals surface area contributed by atoms with Gasteiger partial charge >= 0.3 is 11.9 Å². The van der Waals surface area contributed by atoms with Crippen LogP contribution < -0.4 is 0 Å². The lowest BCUT2D eigenvalue weighted by atomic mass is 9.46. The van der Waals surface area contributed by atoms with E-state index in [1.807, 2.05) is 6.92 Å². The fourth-order valence-corrected chi connectivity index (χ4v) is 4.98. The minimum Gasteiger partial charge on any atom is -0.469 e. The first-order chi connectivity index (χ1) is 10.7. The molecule has 23 heavy (non-hydrogen) atoms. The van der Waals surface area contributed by atoms with Crippen LogP contribution in [0.25, 0.3) is 0 Å². The SMILES string of the molecule is C=C1[C@H](O)C[C@@H]2[C@](C)(CCC[C@]2(C)C(=O)OC)[C@H]1CC(=O)OC. The number of hydrogen-bond acceptors (Lipinski definition) is 5. The highest BCUT2D eigenvalue weighted by atomic mass is 16.5. The summed E-state index contributed by atoms with van der Waals surface area (Å²) >= 11 is 0. The van der Waals surface area contributed by atoms with E-state index in [-0.39, 0.29) is 35.6 Å². The summed E-state index contributed by atoms with van der Waals surface area (Å²) in [6.45, 7) is 8.08. The zero-order valence-electron chi connectivity index (χ0n) is 14.6. The molecule has 5 nitrogen and oxygen atoms in total. The minimum atomic E-state index is -0.704. The van der Waals surface area contributed by atoms with E-state index >= 15 is 0 Å². The van der Waals surface area contributed by atoms with Gasteiger partial charge in [0.2, 0.25) is 0 Å². The summed E-state index contributed by atoms with van der Waals surface area (Å²) < 4.78 is 9.88. The predicted molar refractivity (Wildman–Crippen MR) is 85.5 cm³/mol. The highest BCUT2D eigenvalue weighted by Gasteiger charge is 2.59. The molecule has 1 N–H and O–H groups in total. The van der Waals surface area contributed by atoms with Crippen molar-refractivity contribution in [1.29, 1.82) is 0 Å². The van der Waals surface area contributed by atoms with E-state index in [1.54, 1.807) is 0 Å². The van der Waals surface area contributed by atoms with Crippen LogP contribution in [0.4, 0.5) is 0 Å². The Labute approximate surface area is 138 Å². The molecule has 2 rings (SSSR count). The van der Waals surface area contributed by atoms with Gasteiger partial charge < -0.3 is 14.6 Å². The monoisotopic (exact) mass is 324 g/mol. The average molecular weight is 324 g/mol. The maximum absolute atomic E-state index is 12.4. The van der Waals surface area contributed by atoms with E-state index < -0.39 is 11.5 Å². The van der Waals surface area contributed by atoms with E-state index in [0.717, 1.165) is 19.3 Å². The summed E-state index contributed by atoms with van der Waals surface area (Å²) in [4.78, 5) is 24.3. The molecule has 0 aliphatic heterocycles. The van der Waals surface area contributed by atoms with Crippen LogP contribution in [0.5, 0.6) is 0 Å². The number of rotatable bonds is 3. The second-order valence-corrected chi connectivity index (χ2v) is 7.48. The van der Waals surface area contributed by atoms with Crippen molar-refractivity contribution in [3.63, 3.8) is 0 Å². The summed E-state index contributed by atoms with van der Waals surface area (Å²) in [6, 6.07) is 0. The van der Waals surface area contributed by atoms with E-state index in [4.69, 9.17) is 9.47 Å². The van der Waals surface area contributed by atoms with E-state index in [1.165, 1.54) is 14.2 Å². The van der Waals surface area contributed by atoms with Crippen molar-refractivity contribution in [2.75, 3.05) is 14.2 Å². The number of esters is 2. The van der Waals surface area contributed by atoms with Crippen LogP contribution >= 0.6 is 0 Å². The lowest BCUT2D eigenvalue weighted by Gasteiger charge is -2.58. The molecular formula is C18H28O5. The van der Waals surface area contributed by atoms with Gasteiger partial charge in [-0.15, -0.1) is 0 Å². The minimum absolute atomic E-state index is 0.0497. The van der Waals surface area contributed by atoms with Gasteiger partial charge in [0, 0.05) is 0 Å². The fourth-order valence-electron chi connectivity index (χ4n) is 4.98. The molecule has 0 aromatic rings. The third-order valence-corrected chi connectivity index (χ3v) is 6.36. The van der Waals surface area contributed by atoms with Crippen molar-refractivity contribution in [3.05, 3.63) is 12.2 Å². The smallest absolute Gasteiger partial charge is 0.311 e. The Morgan fingerprint density at radius 1 is 1.26 bits per heavy atom. The van der Waals surface area contributed by atoms with Crippen molar-refractivity contribution >= 4 is 11.9 Å². The van der Waals surface area contributed by atoms with Gasteiger partial charge in [-0.3, -0.25) is 9.59 Å². The molecule has 0 spiro atoms. The van der Waals surface area contributed by atoms with E-state index in [0.29, 0.717) is 12.0 Å². The normalized spacial score (nSPS) is 40.2. The van der Waals surface area contributed by atoms with Crippen LogP contribution in [0.15, 0.2) is 12.2 Å². The average Bonchev–Trinajstić information content (AvgIpc) is 2.53. The number of methoxy groups -OCH3 is 2. The zero-order valence-corrected chi connectivity index (χ0v) is 14.6. The number of carbonyl (C=O) groups is 2. The van der Waals surface area contributed by atoms with Gasteiger partial charge in [0.25, 0.3) is 0 Å². The van der Waals surface area contributed by atoms with Crippen molar-refractivity contribution in [2.45, 2.75) is 52.1 Å². The lowest BCUT2D eigenvalue weighted by molar-refractivity contribution is -0.172. The molecule has 0 amide bonds. The molecule has 2 fully saturated rings. The quantitative estimate of drug-likeness (QED) is 0.638. The van der Waals surface area contributed by atoms with Crippen LogP contribution in [0, 0.1) is 22.7 Å².